The fourth-order valence-corrected chi connectivity index (χ4v) is 1.84. The second-order valence-electron chi connectivity index (χ2n) is 2.83. The van der Waals surface area contributed by atoms with Gasteiger partial charge in [0.25, 0.3) is 5.91 Å². The second-order valence-corrected chi connectivity index (χ2v) is 4.69. The summed E-state index contributed by atoms with van der Waals surface area (Å²) in [6.07, 6.45) is 0. The first kappa shape index (κ1) is 12.5. The Kier molecular flexibility index (Phi) is 3.24. The van der Waals surface area contributed by atoms with E-state index >= 15 is 0 Å². The summed E-state index contributed by atoms with van der Waals surface area (Å²) in [7, 11) is -3.04. The molecule has 0 heterocycles. The third kappa shape index (κ3) is 2.17. The van der Waals surface area contributed by atoms with Gasteiger partial charge in [0.1, 0.15) is 16.5 Å². The lowest BCUT2D eigenvalue weighted by atomic mass is 10.2. The largest absolute Gasteiger partial charge is 0.366 e. The van der Waals surface area contributed by atoms with Crippen LogP contribution in [0.15, 0.2) is 17.0 Å². The summed E-state index contributed by atoms with van der Waals surface area (Å²) in [4.78, 5) is 9.92. The first-order chi connectivity index (χ1) is 7.29. The lowest BCUT2D eigenvalue weighted by molar-refractivity contribution is 0.0996. The van der Waals surface area contributed by atoms with E-state index in [9.17, 15) is 22.0 Å². The molecule has 0 aliphatic rings. The number of hydrogen-bond acceptors (Lipinski definition) is 3. The average molecular weight is 250 g/mol. The molecule has 0 aromatic heterocycles. The minimum Gasteiger partial charge on any atom is -0.366 e. The van der Waals surface area contributed by atoms with Crippen molar-refractivity contribution in [2.24, 2.45) is 5.73 Å². The van der Waals surface area contributed by atoms with E-state index in [-0.39, 0.29) is 0 Å². The van der Waals surface area contributed by atoms with E-state index in [0.29, 0.717) is 12.1 Å². The molecule has 1 aromatic carbocycles. The minimum absolute atomic E-state index is 0.296. The number of carbonyl (C=O) groups is 1. The summed E-state index contributed by atoms with van der Waals surface area (Å²) in [5, 5.41) is 0. The number of rotatable bonds is 3. The number of amides is 1. The molecule has 0 saturated heterocycles. The Morgan fingerprint density at radius 1 is 1.31 bits per heavy atom. The molecule has 0 spiro atoms. The normalized spacial score (nSPS) is 11.4. The van der Waals surface area contributed by atoms with Gasteiger partial charge in [0, 0.05) is 6.07 Å². The third-order valence-corrected chi connectivity index (χ3v) is 3.27. The van der Waals surface area contributed by atoms with Gasteiger partial charge >= 0.3 is 0 Å². The first-order valence-electron chi connectivity index (χ1n) is 4.02. The molecule has 1 amide bonds. The molecule has 16 heavy (non-hydrogen) atoms. The van der Waals surface area contributed by atoms with Crippen molar-refractivity contribution >= 4 is 15.9 Å². The van der Waals surface area contributed by atoms with Crippen LogP contribution in [0.2, 0.25) is 0 Å². The second kappa shape index (κ2) is 4.14. The zero-order chi connectivity index (χ0) is 12.5. The van der Waals surface area contributed by atoms with E-state index in [2.05, 4.69) is 0 Å². The standard InChI is InChI=1S/C8H8F2N2O3S/c1-12-16(14,15)7-2-4(8(11)13)5(9)3-6(7)10/h2-3,12H,1H3,(H2,11,13). The Balaban J connectivity index is 3.55. The maximum atomic E-state index is 13.2. The quantitative estimate of drug-likeness (QED) is 0.789. The van der Waals surface area contributed by atoms with E-state index < -0.39 is 38.0 Å². The summed E-state index contributed by atoms with van der Waals surface area (Å²) >= 11 is 0. The van der Waals surface area contributed by atoms with E-state index in [1.807, 2.05) is 4.72 Å². The van der Waals surface area contributed by atoms with Crippen molar-refractivity contribution in [2.75, 3.05) is 7.05 Å². The molecule has 0 saturated carbocycles. The molecule has 0 aliphatic carbocycles. The zero-order valence-electron chi connectivity index (χ0n) is 8.12. The molecule has 0 aliphatic heterocycles. The van der Waals surface area contributed by atoms with Gasteiger partial charge in [-0.05, 0) is 13.1 Å². The first-order valence-corrected chi connectivity index (χ1v) is 5.50. The van der Waals surface area contributed by atoms with E-state index in [0.717, 1.165) is 7.05 Å². The van der Waals surface area contributed by atoms with Crippen molar-refractivity contribution in [1.82, 2.24) is 4.72 Å². The summed E-state index contributed by atoms with van der Waals surface area (Å²) < 4.78 is 50.6. The van der Waals surface area contributed by atoms with Crippen molar-refractivity contribution in [3.63, 3.8) is 0 Å². The summed E-state index contributed by atoms with van der Waals surface area (Å²) in [6.45, 7) is 0. The smallest absolute Gasteiger partial charge is 0.251 e. The Bertz CT molecular complexity index is 542. The van der Waals surface area contributed by atoms with Crippen LogP contribution in [-0.4, -0.2) is 21.4 Å². The third-order valence-electron chi connectivity index (χ3n) is 1.85. The van der Waals surface area contributed by atoms with E-state index in [4.69, 9.17) is 5.73 Å². The topological polar surface area (TPSA) is 89.3 Å². The summed E-state index contributed by atoms with van der Waals surface area (Å²) in [5.74, 6) is -3.68. The molecule has 5 nitrogen and oxygen atoms in total. The number of primary amides is 1. The number of nitrogens with one attached hydrogen (secondary N) is 1. The average Bonchev–Trinajstić information content (AvgIpc) is 2.16. The van der Waals surface area contributed by atoms with Gasteiger partial charge in [-0.2, -0.15) is 0 Å². The van der Waals surface area contributed by atoms with Crippen molar-refractivity contribution in [2.45, 2.75) is 4.90 Å². The van der Waals surface area contributed by atoms with Gasteiger partial charge < -0.3 is 5.73 Å². The molecule has 0 unspecified atom stereocenters. The number of sulfonamides is 1. The molecule has 0 atom stereocenters. The van der Waals surface area contributed by atoms with Gasteiger partial charge in [0.15, 0.2) is 0 Å². The zero-order valence-corrected chi connectivity index (χ0v) is 8.94. The molecule has 1 aromatic rings. The highest BCUT2D eigenvalue weighted by molar-refractivity contribution is 7.89. The predicted octanol–water partition coefficient (Wildman–Crippen LogP) is -0.0282. The van der Waals surface area contributed by atoms with Gasteiger partial charge in [0.2, 0.25) is 10.0 Å². The van der Waals surface area contributed by atoms with Crippen LogP contribution >= 0.6 is 0 Å². The van der Waals surface area contributed by atoms with Gasteiger partial charge in [-0.3, -0.25) is 4.79 Å². The maximum absolute atomic E-state index is 13.2. The van der Waals surface area contributed by atoms with Crippen molar-refractivity contribution in [3.8, 4) is 0 Å². The summed E-state index contributed by atoms with van der Waals surface area (Å²) in [5.41, 5.74) is 4.12. The van der Waals surface area contributed by atoms with Crippen molar-refractivity contribution in [1.29, 1.82) is 0 Å². The van der Waals surface area contributed by atoms with E-state index in [1.165, 1.54) is 0 Å². The van der Waals surface area contributed by atoms with Crippen LogP contribution in [0.5, 0.6) is 0 Å². The molecular weight excluding hydrogens is 242 g/mol. The number of nitrogens with two attached hydrogens (primary N) is 1. The molecule has 0 bridgehead atoms. The molecule has 1 rings (SSSR count). The van der Waals surface area contributed by atoms with Gasteiger partial charge in [0.05, 0.1) is 5.56 Å². The van der Waals surface area contributed by atoms with Gasteiger partial charge in [-0.25, -0.2) is 21.9 Å². The Morgan fingerprint density at radius 2 is 1.88 bits per heavy atom. The molecule has 3 N–H and O–H groups in total. The Morgan fingerprint density at radius 3 is 2.31 bits per heavy atom. The number of hydrogen-bond donors (Lipinski definition) is 2. The summed E-state index contributed by atoms with van der Waals surface area (Å²) in [6, 6.07) is 0.850. The fraction of sp³-hybridized carbons (Fsp3) is 0.125. The lowest BCUT2D eigenvalue weighted by Crippen LogP contribution is -2.22. The monoisotopic (exact) mass is 250 g/mol. The fourth-order valence-electron chi connectivity index (χ4n) is 1.03. The van der Waals surface area contributed by atoms with E-state index in [1.54, 1.807) is 0 Å². The number of carbonyl (C=O) groups excluding carboxylic acids is 1. The van der Waals surface area contributed by atoms with Crippen LogP contribution in [0.25, 0.3) is 0 Å². The van der Waals surface area contributed by atoms with Crippen LogP contribution in [0.4, 0.5) is 8.78 Å². The highest BCUT2D eigenvalue weighted by atomic mass is 32.2. The molecule has 0 fully saturated rings. The van der Waals surface area contributed by atoms with Crippen LogP contribution < -0.4 is 10.5 Å². The van der Waals surface area contributed by atoms with Crippen LogP contribution in [0.3, 0.4) is 0 Å². The van der Waals surface area contributed by atoms with Crippen LogP contribution in [-0.2, 0) is 10.0 Å². The van der Waals surface area contributed by atoms with Crippen LogP contribution in [0, 0.1) is 11.6 Å². The minimum atomic E-state index is -4.10. The number of halogens is 2. The highest BCUT2D eigenvalue weighted by Gasteiger charge is 2.21. The SMILES string of the molecule is CNS(=O)(=O)c1cc(C(N)=O)c(F)cc1F. The lowest BCUT2D eigenvalue weighted by Gasteiger charge is -2.06. The molecular formula is C8H8F2N2O3S. The molecule has 88 valence electrons. The molecule has 8 heteroatoms. The van der Waals surface area contributed by atoms with Crippen molar-refractivity contribution in [3.05, 3.63) is 29.3 Å². The molecule has 0 radical (unpaired) electrons. The van der Waals surface area contributed by atoms with Gasteiger partial charge in [-0.15, -0.1) is 0 Å². The number of benzene rings is 1. The highest BCUT2D eigenvalue weighted by Crippen LogP contribution is 2.18. The van der Waals surface area contributed by atoms with Gasteiger partial charge in [-0.1, -0.05) is 0 Å². The van der Waals surface area contributed by atoms with Crippen LogP contribution in [0.1, 0.15) is 10.4 Å². The Hall–Kier alpha value is -1.54. The maximum Gasteiger partial charge on any atom is 0.251 e. The van der Waals surface area contributed by atoms with Crippen molar-refractivity contribution < 1.29 is 22.0 Å². The Labute approximate surface area is 90.3 Å². The predicted molar refractivity (Wildman–Crippen MR) is 51.1 cm³/mol.